The molecule has 4 heterocycles. The fraction of sp³-hybridized carbons (Fsp3) is 0.319. The summed E-state index contributed by atoms with van der Waals surface area (Å²) in [6.45, 7) is 4.95. The highest BCUT2D eigenvalue weighted by Crippen LogP contribution is 2.38. The number of fused-ring (bicyclic) bond motifs is 6. The fourth-order valence-corrected chi connectivity index (χ4v) is 9.11. The molecule has 9 rings (SSSR count). The first-order valence-corrected chi connectivity index (χ1v) is 20.8. The number of aromatic amines is 2. The van der Waals surface area contributed by atoms with E-state index in [4.69, 9.17) is 19.4 Å². The molecule has 1 unspecified atom stereocenters. The molecule has 5 aromatic carbocycles. The van der Waals surface area contributed by atoms with Gasteiger partial charge in [0.25, 0.3) is 5.91 Å². The van der Waals surface area contributed by atoms with E-state index < -0.39 is 24.3 Å². The van der Waals surface area contributed by atoms with Gasteiger partial charge in [0.05, 0.1) is 48.4 Å². The Morgan fingerprint density at radius 1 is 0.689 bits per heavy atom. The van der Waals surface area contributed by atoms with E-state index in [-0.39, 0.29) is 29.8 Å². The van der Waals surface area contributed by atoms with E-state index in [9.17, 15) is 19.2 Å². The third-order valence-electron chi connectivity index (χ3n) is 12.2. The molecule has 2 fully saturated rings. The van der Waals surface area contributed by atoms with Gasteiger partial charge in [-0.2, -0.15) is 0 Å². The van der Waals surface area contributed by atoms with Crippen molar-refractivity contribution >= 4 is 67.6 Å². The first-order valence-electron chi connectivity index (χ1n) is 20.8. The van der Waals surface area contributed by atoms with Gasteiger partial charge in [0.15, 0.2) is 0 Å². The summed E-state index contributed by atoms with van der Waals surface area (Å²) in [4.78, 5) is 72.9. The molecule has 4 atom stereocenters. The fourth-order valence-electron chi connectivity index (χ4n) is 9.11. The van der Waals surface area contributed by atoms with Crippen LogP contribution in [-0.4, -0.2) is 87.1 Å². The van der Waals surface area contributed by atoms with Crippen LogP contribution < -0.4 is 10.6 Å². The smallest absolute Gasteiger partial charge is 0.407 e. The Morgan fingerprint density at radius 3 is 1.97 bits per heavy atom. The largest absolute Gasteiger partial charge is 0.453 e. The van der Waals surface area contributed by atoms with Crippen LogP contribution in [0.5, 0.6) is 0 Å². The van der Waals surface area contributed by atoms with Crippen molar-refractivity contribution in [2.75, 3.05) is 27.3 Å². The van der Waals surface area contributed by atoms with Crippen LogP contribution in [0.2, 0.25) is 0 Å². The second-order valence-corrected chi connectivity index (χ2v) is 16.3. The number of methoxy groups -OCH3 is 2. The van der Waals surface area contributed by atoms with Crippen molar-refractivity contribution in [1.82, 2.24) is 40.4 Å². The van der Waals surface area contributed by atoms with Gasteiger partial charge in [-0.25, -0.2) is 19.6 Å². The van der Waals surface area contributed by atoms with E-state index in [0.29, 0.717) is 24.5 Å². The van der Waals surface area contributed by atoms with Crippen LogP contribution in [0.4, 0.5) is 9.59 Å². The second-order valence-electron chi connectivity index (χ2n) is 16.3. The monoisotopic (exact) mass is 820 g/mol. The summed E-state index contributed by atoms with van der Waals surface area (Å²) in [7, 11) is 2.58. The summed E-state index contributed by atoms with van der Waals surface area (Å²) in [5.41, 5.74) is 6.28. The average Bonchev–Trinajstić information content (AvgIpc) is 4.12. The van der Waals surface area contributed by atoms with E-state index in [1.165, 1.54) is 14.2 Å². The lowest BCUT2D eigenvalue weighted by Crippen LogP contribution is -2.51. The minimum absolute atomic E-state index is 0.117. The number of amides is 4. The van der Waals surface area contributed by atoms with Gasteiger partial charge in [-0.3, -0.25) is 9.59 Å². The van der Waals surface area contributed by atoms with Gasteiger partial charge < -0.3 is 39.9 Å². The molecule has 0 bridgehead atoms. The lowest BCUT2D eigenvalue weighted by molar-refractivity contribution is -0.135. The van der Waals surface area contributed by atoms with Gasteiger partial charge >= 0.3 is 12.2 Å². The lowest BCUT2D eigenvalue weighted by Gasteiger charge is -2.29. The summed E-state index contributed by atoms with van der Waals surface area (Å²) in [6.07, 6.45) is 1.87. The number of nitrogens with zero attached hydrogens (tertiary/aromatic N) is 4. The summed E-state index contributed by atoms with van der Waals surface area (Å²) in [6, 6.07) is 28.2. The number of H-pyrrole nitrogens is 2. The highest BCUT2D eigenvalue weighted by atomic mass is 16.5. The number of imidazole rings is 2. The standard InChI is InChI=1S/C47H48N8O6/c1-26(2)38(52-46(58)60-3)44(56)54-22-8-12-36(54)42-48-34-20-16-30-24-28(14-18-32(30)40(34)50-42)29-15-19-33-31(25-29)17-21-35-41(33)51-43(49-35)37-13-9-23-55(37)45(57)39(53-47(59)61-4)27-10-6-5-7-11-27/h5-7,10-11,14-21,24-26,36-39H,8-9,12-13,22-23H2,1-4H3,(H,48,50)(H,49,51)(H,52,58)(H,53,59)/t36-,37?,38-,39+/m0/s1. The third-order valence-corrected chi connectivity index (χ3v) is 12.2. The molecule has 4 N–H and O–H groups in total. The Labute approximate surface area is 352 Å². The van der Waals surface area contributed by atoms with Crippen LogP contribution in [0.1, 0.15) is 74.9 Å². The number of likely N-dealkylation sites (tertiary alicyclic amines) is 2. The quantitative estimate of drug-likeness (QED) is 0.113. The molecule has 4 amide bonds. The normalized spacial score (nSPS) is 17.7. The number of hydrogen-bond acceptors (Lipinski definition) is 8. The molecule has 0 spiro atoms. The molecule has 2 aromatic heterocycles. The number of carbonyl (C=O) groups is 4. The number of nitrogens with one attached hydrogen (secondary N) is 4. The maximum atomic E-state index is 14.1. The molecule has 0 saturated carbocycles. The van der Waals surface area contributed by atoms with Crippen LogP contribution >= 0.6 is 0 Å². The van der Waals surface area contributed by atoms with E-state index >= 15 is 0 Å². The highest BCUT2D eigenvalue weighted by molar-refractivity contribution is 6.07. The number of carbonyl (C=O) groups excluding carboxylic acids is 4. The number of ether oxygens (including phenoxy) is 2. The molecular weight excluding hydrogens is 773 g/mol. The number of rotatable bonds is 9. The molecule has 7 aromatic rings. The summed E-state index contributed by atoms with van der Waals surface area (Å²) >= 11 is 0. The molecule has 61 heavy (non-hydrogen) atoms. The molecule has 2 saturated heterocycles. The molecule has 14 heteroatoms. The minimum atomic E-state index is -0.891. The van der Waals surface area contributed by atoms with Crippen molar-refractivity contribution in [2.24, 2.45) is 5.92 Å². The molecule has 0 aliphatic carbocycles. The zero-order valence-corrected chi connectivity index (χ0v) is 34.5. The van der Waals surface area contributed by atoms with E-state index in [2.05, 4.69) is 69.1 Å². The molecular formula is C47H48N8O6. The number of benzene rings is 5. The van der Waals surface area contributed by atoms with Crippen LogP contribution in [0, 0.1) is 5.92 Å². The maximum Gasteiger partial charge on any atom is 0.407 e. The van der Waals surface area contributed by atoms with Crippen LogP contribution in [0.15, 0.2) is 91.0 Å². The van der Waals surface area contributed by atoms with Crippen LogP contribution in [0.3, 0.4) is 0 Å². The van der Waals surface area contributed by atoms with Crippen molar-refractivity contribution < 1.29 is 28.7 Å². The Bertz CT molecular complexity index is 2820. The number of alkyl carbamates (subject to hydrolysis) is 2. The zero-order valence-electron chi connectivity index (χ0n) is 34.5. The predicted octanol–water partition coefficient (Wildman–Crippen LogP) is 8.22. The van der Waals surface area contributed by atoms with Crippen molar-refractivity contribution in [3.05, 3.63) is 108 Å². The van der Waals surface area contributed by atoms with Crippen molar-refractivity contribution in [1.29, 1.82) is 0 Å². The van der Waals surface area contributed by atoms with Gasteiger partial charge in [-0.15, -0.1) is 0 Å². The predicted molar refractivity (Wildman–Crippen MR) is 232 cm³/mol. The van der Waals surface area contributed by atoms with Crippen molar-refractivity contribution in [3.63, 3.8) is 0 Å². The molecule has 0 radical (unpaired) electrons. The summed E-state index contributed by atoms with van der Waals surface area (Å²) in [5.74, 6) is 0.982. The summed E-state index contributed by atoms with van der Waals surface area (Å²) in [5, 5.41) is 9.59. The van der Waals surface area contributed by atoms with Crippen LogP contribution in [-0.2, 0) is 19.1 Å². The van der Waals surface area contributed by atoms with Gasteiger partial charge in [-0.05, 0) is 83.3 Å². The lowest BCUT2D eigenvalue weighted by atomic mass is 9.98. The number of aromatic nitrogens is 4. The second kappa shape index (κ2) is 16.2. The Balaban J connectivity index is 0.972. The molecule has 14 nitrogen and oxygen atoms in total. The highest BCUT2D eigenvalue weighted by Gasteiger charge is 2.39. The number of hydrogen-bond donors (Lipinski definition) is 4. The maximum absolute atomic E-state index is 14.1. The minimum Gasteiger partial charge on any atom is -0.453 e. The van der Waals surface area contributed by atoms with Crippen molar-refractivity contribution in [3.8, 4) is 11.1 Å². The van der Waals surface area contributed by atoms with E-state index in [1.807, 2.05) is 66.1 Å². The van der Waals surface area contributed by atoms with Gasteiger partial charge in [0.2, 0.25) is 5.91 Å². The first kappa shape index (κ1) is 39.5. The Morgan fingerprint density at radius 2 is 1.30 bits per heavy atom. The van der Waals surface area contributed by atoms with Crippen LogP contribution in [0.25, 0.3) is 54.7 Å². The zero-order chi connectivity index (χ0) is 42.4. The van der Waals surface area contributed by atoms with Gasteiger partial charge in [0, 0.05) is 23.9 Å². The van der Waals surface area contributed by atoms with E-state index in [1.54, 1.807) is 0 Å². The van der Waals surface area contributed by atoms with E-state index in [0.717, 1.165) is 86.2 Å². The first-order chi connectivity index (χ1) is 29.6. The van der Waals surface area contributed by atoms with Crippen molar-refractivity contribution in [2.45, 2.75) is 63.7 Å². The SMILES string of the molecule is COC(=O)N[C@H](C(=O)N1CCC[C@H]1c1nc2ccc3cc(-c4ccc5c(ccc6[nH]c(C7CCCN7C(=O)[C@H](NC(=O)OC)c7ccccc7)nc65)c4)ccc3c2[nH]1)C(C)C. The van der Waals surface area contributed by atoms with Gasteiger partial charge in [0.1, 0.15) is 23.7 Å². The molecule has 312 valence electrons. The molecule has 2 aliphatic rings. The summed E-state index contributed by atoms with van der Waals surface area (Å²) < 4.78 is 9.66. The van der Waals surface area contributed by atoms with Gasteiger partial charge in [-0.1, -0.05) is 80.6 Å². The molecule has 2 aliphatic heterocycles. The average molecular weight is 821 g/mol. The Kier molecular flexibility index (Phi) is 10.5. The topological polar surface area (TPSA) is 175 Å². The third kappa shape index (κ3) is 7.36. The Hall–Kier alpha value is -6.96.